The van der Waals surface area contributed by atoms with E-state index >= 15 is 0 Å². The van der Waals surface area contributed by atoms with Crippen LogP contribution in [0.5, 0.6) is 17.2 Å². The molecule has 0 radical (unpaired) electrons. The molecule has 0 saturated carbocycles. The number of fused-ring (bicyclic) bond motifs is 1. The molecule has 2 aliphatic heterocycles. The van der Waals surface area contributed by atoms with Crippen LogP contribution in [0.15, 0.2) is 24.4 Å². The Labute approximate surface area is 162 Å². The fourth-order valence-electron chi connectivity index (χ4n) is 3.02. The van der Waals surface area contributed by atoms with Crippen LogP contribution >= 0.6 is 12.4 Å². The Hall–Kier alpha value is -2.52. The number of nitrogens with one attached hydrogen (secondary N) is 2. The van der Waals surface area contributed by atoms with E-state index in [-0.39, 0.29) is 25.1 Å². The molecule has 1 aromatic heterocycles. The van der Waals surface area contributed by atoms with E-state index in [1.165, 1.54) is 0 Å². The zero-order valence-corrected chi connectivity index (χ0v) is 15.5. The first kappa shape index (κ1) is 19.2. The quantitative estimate of drug-likeness (QED) is 0.708. The van der Waals surface area contributed by atoms with Gasteiger partial charge in [-0.2, -0.15) is 0 Å². The molecule has 2 aromatic rings. The number of aromatic nitrogens is 3. The van der Waals surface area contributed by atoms with Crippen molar-refractivity contribution in [3.8, 4) is 17.2 Å². The number of rotatable bonds is 6. The lowest BCUT2D eigenvalue weighted by atomic mass is 10.1. The standard InChI is InChI=1S/C17H21N5O4.ClH/c23-17(14-10-22(21-20-14)12-3-5-18-6-4-12)19-7-8-24-13-1-2-15-16(9-13)26-11-25-15;/h1-2,9-10,12,18H,3-8,11H2,(H,19,23);1H. The van der Waals surface area contributed by atoms with Gasteiger partial charge in [0.15, 0.2) is 17.2 Å². The van der Waals surface area contributed by atoms with Crippen LogP contribution in [-0.2, 0) is 0 Å². The second kappa shape index (κ2) is 8.92. The third-order valence-electron chi connectivity index (χ3n) is 4.43. The second-order valence-corrected chi connectivity index (χ2v) is 6.18. The number of hydrogen-bond donors (Lipinski definition) is 2. The van der Waals surface area contributed by atoms with Crippen molar-refractivity contribution in [2.75, 3.05) is 33.0 Å². The zero-order chi connectivity index (χ0) is 17.8. The fraction of sp³-hybridized carbons (Fsp3) is 0.471. The molecule has 2 aliphatic rings. The second-order valence-electron chi connectivity index (χ2n) is 6.18. The Morgan fingerprint density at radius 1 is 1.30 bits per heavy atom. The van der Waals surface area contributed by atoms with Gasteiger partial charge in [-0.25, -0.2) is 4.68 Å². The Morgan fingerprint density at radius 2 is 2.11 bits per heavy atom. The Morgan fingerprint density at radius 3 is 2.96 bits per heavy atom. The van der Waals surface area contributed by atoms with Crippen LogP contribution in [0.3, 0.4) is 0 Å². The molecule has 4 rings (SSSR count). The maximum absolute atomic E-state index is 12.2. The van der Waals surface area contributed by atoms with E-state index in [0.29, 0.717) is 42.1 Å². The molecule has 27 heavy (non-hydrogen) atoms. The smallest absolute Gasteiger partial charge is 0.273 e. The van der Waals surface area contributed by atoms with Crippen molar-refractivity contribution >= 4 is 18.3 Å². The number of hydrogen-bond acceptors (Lipinski definition) is 7. The number of piperidine rings is 1. The van der Waals surface area contributed by atoms with Crippen LogP contribution in [-0.4, -0.2) is 53.9 Å². The van der Waals surface area contributed by atoms with Crippen molar-refractivity contribution in [3.63, 3.8) is 0 Å². The van der Waals surface area contributed by atoms with E-state index in [2.05, 4.69) is 20.9 Å². The summed E-state index contributed by atoms with van der Waals surface area (Å²) in [6, 6.07) is 5.68. The van der Waals surface area contributed by atoms with Gasteiger partial charge in [0.25, 0.3) is 5.91 Å². The molecule has 0 atom stereocenters. The highest BCUT2D eigenvalue weighted by molar-refractivity contribution is 5.91. The maximum Gasteiger partial charge on any atom is 0.273 e. The van der Waals surface area contributed by atoms with Crippen molar-refractivity contribution in [1.29, 1.82) is 0 Å². The minimum absolute atomic E-state index is 0. The summed E-state index contributed by atoms with van der Waals surface area (Å²) in [5.41, 5.74) is 0.326. The fourth-order valence-corrected chi connectivity index (χ4v) is 3.02. The van der Waals surface area contributed by atoms with Crippen molar-refractivity contribution in [2.24, 2.45) is 0 Å². The molecule has 1 amide bonds. The van der Waals surface area contributed by atoms with Gasteiger partial charge >= 0.3 is 0 Å². The summed E-state index contributed by atoms with van der Waals surface area (Å²) in [5, 5.41) is 14.2. The molecule has 10 heteroatoms. The topological polar surface area (TPSA) is 99.5 Å². The third kappa shape index (κ3) is 4.61. The van der Waals surface area contributed by atoms with Gasteiger partial charge < -0.3 is 24.8 Å². The van der Waals surface area contributed by atoms with Crippen LogP contribution in [0.25, 0.3) is 0 Å². The molecule has 0 spiro atoms. The van der Waals surface area contributed by atoms with Crippen molar-refractivity contribution < 1.29 is 19.0 Å². The maximum atomic E-state index is 12.2. The number of ether oxygens (including phenoxy) is 3. The lowest BCUT2D eigenvalue weighted by Crippen LogP contribution is -2.30. The van der Waals surface area contributed by atoms with Crippen molar-refractivity contribution in [1.82, 2.24) is 25.6 Å². The summed E-state index contributed by atoms with van der Waals surface area (Å²) < 4.78 is 18.0. The number of halogens is 1. The predicted molar refractivity (Wildman–Crippen MR) is 98.8 cm³/mol. The summed E-state index contributed by atoms with van der Waals surface area (Å²) >= 11 is 0. The number of amides is 1. The van der Waals surface area contributed by atoms with Crippen LogP contribution in [0.2, 0.25) is 0 Å². The summed E-state index contributed by atoms with van der Waals surface area (Å²) in [6.07, 6.45) is 3.70. The van der Waals surface area contributed by atoms with Crippen molar-refractivity contribution in [3.05, 3.63) is 30.1 Å². The average Bonchev–Trinajstić information content (AvgIpc) is 3.35. The first-order valence-electron chi connectivity index (χ1n) is 8.73. The highest BCUT2D eigenvalue weighted by atomic mass is 35.5. The summed E-state index contributed by atoms with van der Waals surface area (Å²) in [4.78, 5) is 12.2. The first-order chi connectivity index (χ1) is 12.8. The van der Waals surface area contributed by atoms with Gasteiger partial charge in [-0.05, 0) is 38.1 Å². The lowest BCUT2D eigenvalue weighted by Gasteiger charge is -2.22. The molecule has 0 bridgehead atoms. The van der Waals surface area contributed by atoms with E-state index in [9.17, 15) is 4.79 Å². The first-order valence-corrected chi connectivity index (χ1v) is 8.73. The summed E-state index contributed by atoms with van der Waals surface area (Å²) in [7, 11) is 0. The normalized spacial score (nSPS) is 15.9. The molecule has 1 aromatic carbocycles. The van der Waals surface area contributed by atoms with Gasteiger partial charge in [-0.1, -0.05) is 5.21 Å². The molecule has 9 nitrogen and oxygen atoms in total. The molecule has 1 fully saturated rings. The monoisotopic (exact) mass is 395 g/mol. The number of benzene rings is 1. The van der Waals surface area contributed by atoms with E-state index in [1.807, 2.05) is 0 Å². The molecule has 2 N–H and O–H groups in total. The van der Waals surface area contributed by atoms with E-state index in [0.717, 1.165) is 25.9 Å². The van der Waals surface area contributed by atoms with Gasteiger partial charge in [0.2, 0.25) is 6.79 Å². The predicted octanol–water partition coefficient (Wildman–Crippen LogP) is 1.16. The number of nitrogens with zero attached hydrogens (tertiary/aromatic N) is 3. The van der Waals surface area contributed by atoms with Gasteiger partial charge in [0.05, 0.1) is 18.8 Å². The summed E-state index contributed by atoms with van der Waals surface area (Å²) in [6.45, 7) is 2.86. The van der Waals surface area contributed by atoms with Gasteiger partial charge in [0.1, 0.15) is 12.4 Å². The minimum Gasteiger partial charge on any atom is -0.492 e. The average molecular weight is 396 g/mol. The van der Waals surface area contributed by atoms with Crippen LogP contribution < -0.4 is 24.8 Å². The van der Waals surface area contributed by atoms with Crippen LogP contribution in [0, 0.1) is 0 Å². The summed E-state index contributed by atoms with van der Waals surface area (Å²) in [5.74, 6) is 1.79. The number of carbonyl (C=O) groups is 1. The van der Waals surface area contributed by atoms with Gasteiger partial charge in [-0.15, -0.1) is 17.5 Å². The SMILES string of the molecule is Cl.O=C(NCCOc1ccc2c(c1)OCO2)c1cn(C2CCNCC2)nn1. The Bertz CT molecular complexity index is 778. The van der Waals surface area contributed by atoms with Crippen molar-refractivity contribution in [2.45, 2.75) is 18.9 Å². The molecule has 1 saturated heterocycles. The largest absolute Gasteiger partial charge is 0.492 e. The Balaban J connectivity index is 0.00000210. The van der Waals surface area contributed by atoms with E-state index < -0.39 is 0 Å². The minimum atomic E-state index is -0.250. The third-order valence-corrected chi connectivity index (χ3v) is 4.43. The molecular weight excluding hydrogens is 374 g/mol. The highest BCUT2D eigenvalue weighted by Gasteiger charge is 2.18. The molecule has 3 heterocycles. The van der Waals surface area contributed by atoms with Crippen LogP contribution in [0.4, 0.5) is 0 Å². The highest BCUT2D eigenvalue weighted by Crippen LogP contribution is 2.34. The van der Waals surface area contributed by atoms with E-state index in [1.54, 1.807) is 29.1 Å². The molecule has 0 aliphatic carbocycles. The van der Waals surface area contributed by atoms with E-state index in [4.69, 9.17) is 14.2 Å². The lowest BCUT2D eigenvalue weighted by molar-refractivity contribution is 0.0942. The van der Waals surface area contributed by atoms with Gasteiger partial charge in [-0.3, -0.25) is 4.79 Å². The van der Waals surface area contributed by atoms with Crippen LogP contribution in [0.1, 0.15) is 29.4 Å². The Kier molecular flexibility index (Phi) is 6.36. The zero-order valence-electron chi connectivity index (χ0n) is 14.7. The molecular formula is C17H22ClN5O4. The molecule has 146 valence electrons. The molecule has 0 unspecified atom stereocenters. The number of carbonyl (C=O) groups excluding carboxylic acids is 1. The van der Waals surface area contributed by atoms with Gasteiger partial charge in [0, 0.05) is 6.07 Å².